The molecule has 4 fully saturated rings. The third-order valence-electron chi connectivity index (χ3n) is 13.9. The van der Waals surface area contributed by atoms with Crippen LogP contribution < -0.4 is 9.46 Å². The van der Waals surface area contributed by atoms with Crippen LogP contribution in [-0.4, -0.2) is 101 Å². The topological polar surface area (TPSA) is 153 Å². The zero-order valence-electron chi connectivity index (χ0n) is 41.8. The molecule has 4 atom stereocenters. The van der Waals surface area contributed by atoms with Crippen molar-refractivity contribution in [1.82, 2.24) is 19.5 Å². The van der Waals surface area contributed by atoms with Crippen molar-refractivity contribution < 1.29 is 47.0 Å². The predicted octanol–water partition coefficient (Wildman–Crippen LogP) is 9.06. The van der Waals surface area contributed by atoms with Gasteiger partial charge in [-0.05, 0) is 91.2 Å². The number of anilines is 1. The van der Waals surface area contributed by atoms with E-state index in [1.807, 2.05) is 156 Å². The second-order valence-electron chi connectivity index (χ2n) is 19.9. The summed E-state index contributed by atoms with van der Waals surface area (Å²) in [6.45, 7) is 7.23. The van der Waals surface area contributed by atoms with Gasteiger partial charge in [-0.2, -0.15) is 5.10 Å². The van der Waals surface area contributed by atoms with Crippen LogP contribution >= 0.6 is 7.60 Å². The van der Waals surface area contributed by atoms with Gasteiger partial charge in [0.2, 0.25) is 0 Å². The Bertz CT molecular complexity index is 3020. The molecule has 0 radical (unpaired) electrons. The Hall–Kier alpha value is -6.20. The third-order valence-corrected chi connectivity index (χ3v) is 15.4. The summed E-state index contributed by atoms with van der Waals surface area (Å²) < 4.78 is 62.1. The molecule has 19 heteroatoms. The van der Waals surface area contributed by atoms with E-state index < -0.39 is 44.7 Å². The van der Waals surface area contributed by atoms with E-state index in [4.69, 9.17) is 37.7 Å². The number of amides is 2. The van der Waals surface area contributed by atoms with Gasteiger partial charge in [0.1, 0.15) is 23.8 Å². The van der Waals surface area contributed by atoms with E-state index in [9.17, 15) is 9.59 Å². The number of rotatable bonds is 21. The number of fused-ring (bicyclic) bond motifs is 2. The maximum Gasteiger partial charge on any atom is 0.431 e. The summed E-state index contributed by atoms with van der Waals surface area (Å²) in [6, 6.07) is 51.9. The van der Waals surface area contributed by atoms with Gasteiger partial charge >= 0.3 is 34.8 Å². The predicted molar refractivity (Wildman–Crippen MR) is 285 cm³/mol. The minimum absolute atomic E-state index is 0.0759. The first-order valence-electron chi connectivity index (χ1n) is 25.4. The molecule has 0 aliphatic carbocycles. The molecule has 7 aromatic rings. The highest BCUT2D eigenvalue weighted by Crippen LogP contribution is 2.50. The number of carbonyl (C=O) groups is 1. The number of benzene rings is 6. The van der Waals surface area contributed by atoms with Crippen LogP contribution in [0.3, 0.4) is 0 Å². The van der Waals surface area contributed by atoms with Crippen molar-refractivity contribution in [3.63, 3.8) is 0 Å². The second kappa shape index (κ2) is 21.6. The van der Waals surface area contributed by atoms with Gasteiger partial charge in [-0.25, -0.2) is 4.79 Å². The Morgan fingerprint density at radius 3 is 1.64 bits per heavy atom. The first kappa shape index (κ1) is 50.0. The number of aromatic nitrogens is 2. The molecular weight excluding hydrogens is 954 g/mol. The molecule has 4 aliphatic rings. The van der Waals surface area contributed by atoms with Gasteiger partial charge in [-0.15, -0.1) is 0 Å². The fourth-order valence-corrected chi connectivity index (χ4v) is 11.5. The van der Waals surface area contributed by atoms with E-state index in [1.54, 1.807) is 17.5 Å². The van der Waals surface area contributed by atoms with Crippen LogP contribution in [0.15, 0.2) is 164 Å². The first-order chi connectivity index (χ1) is 36.0. The van der Waals surface area contributed by atoms with Gasteiger partial charge in [0.05, 0.1) is 43.8 Å². The lowest BCUT2D eigenvalue weighted by Crippen LogP contribution is -2.51. The molecule has 6 aromatic carbocycles. The van der Waals surface area contributed by atoms with Gasteiger partial charge in [-0.1, -0.05) is 140 Å². The number of urea groups is 1. The summed E-state index contributed by atoms with van der Waals surface area (Å²) in [5.74, 6) is 0.129. The molecule has 0 spiro atoms. The molecule has 11 rings (SSSR count). The zero-order valence-corrected chi connectivity index (χ0v) is 42.7. The first-order valence-corrected chi connectivity index (χ1v) is 27.1. The fourth-order valence-electron chi connectivity index (χ4n) is 10.2. The maximum absolute atomic E-state index is 16.1. The maximum atomic E-state index is 16.1. The Labute approximate surface area is 433 Å². The van der Waals surface area contributed by atoms with E-state index >= 15 is 4.79 Å². The molecule has 378 valence electrons. The van der Waals surface area contributed by atoms with Gasteiger partial charge in [0.25, 0.3) is 0 Å². The van der Waals surface area contributed by atoms with E-state index in [1.165, 1.54) is 0 Å². The summed E-state index contributed by atoms with van der Waals surface area (Å²) in [4.78, 5) is 20.0. The molecule has 1 N–H and O–H groups in total. The lowest BCUT2D eigenvalue weighted by Gasteiger charge is -2.37. The molecule has 2 amide bonds. The third kappa shape index (κ3) is 11.5. The van der Waals surface area contributed by atoms with Crippen molar-refractivity contribution in [3.8, 4) is 5.75 Å². The molecule has 5 heterocycles. The summed E-state index contributed by atoms with van der Waals surface area (Å²) >= 11 is 0. The van der Waals surface area contributed by atoms with Gasteiger partial charge in [0.15, 0.2) is 12.1 Å². The van der Waals surface area contributed by atoms with Crippen molar-refractivity contribution >= 4 is 51.5 Å². The van der Waals surface area contributed by atoms with Crippen molar-refractivity contribution in [2.75, 3.05) is 24.1 Å². The SMILES string of the molecule is CB(O)n1nc(N(B2CO2)B2CO2)c2cc(CN3C(=O)N(Cc4cccc(OCP(=O)(OCc5ccccc5)OCc5ccccc5)c4)[C@H](Cc4ccccc4)[C@@H]4OC(C)(C)O[C@H]4[C@H]3Cc3ccccc3)ccc21. The average Bonchev–Trinajstić information content (AvgIpc) is 4.37. The highest BCUT2D eigenvalue weighted by atomic mass is 31.2. The van der Waals surface area contributed by atoms with Gasteiger partial charge in [-0.3, -0.25) is 9.16 Å². The highest BCUT2D eigenvalue weighted by molar-refractivity contribution is 7.53. The molecular formula is C55H59B3N5O10P. The number of hydrogen-bond donors (Lipinski definition) is 1. The minimum atomic E-state index is -3.82. The Morgan fingerprint density at radius 1 is 0.676 bits per heavy atom. The van der Waals surface area contributed by atoms with Gasteiger partial charge < -0.3 is 52.1 Å². The second-order valence-corrected chi connectivity index (χ2v) is 21.9. The van der Waals surface area contributed by atoms with Crippen LogP contribution in [-0.2, 0) is 71.5 Å². The lowest BCUT2D eigenvalue weighted by molar-refractivity contribution is -0.157. The van der Waals surface area contributed by atoms with Gasteiger partial charge in [0, 0.05) is 18.5 Å². The Balaban J connectivity index is 0.950. The Morgan fingerprint density at radius 2 is 1.15 bits per heavy atom. The van der Waals surface area contributed by atoms with Crippen LogP contribution in [0.1, 0.15) is 47.2 Å². The Kier molecular flexibility index (Phi) is 14.6. The van der Waals surface area contributed by atoms with Crippen LogP contribution in [0.25, 0.3) is 10.9 Å². The van der Waals surface area contributed by atoms with E-state index in [0.717, 1.165) is 44.3 Å². The van der Waals surface area contributed by atoms with Crippen LogP contribution in [0.4, 0.5) is 10.6 Å². The quantitative estimate of drug-likeness (QED) is 0.0415. The molecule has 4 aliphatic heterocycles. The van der Waals surface area contributed by atoms with Crippen molar-refractivity contribution in [1.29, 1.82) is 0 Å². The monoisotopic (exact) mass is 1010 g/mol. The number of carbonyl (C=O) groups excluding carboxylic acids is 1. The molecule has 74 heavy (non-hydrogen) atoms. The molecule has 0 unspecified atom stereocenters. The van der Waals surface area contributed by atoms with Crippen molar-refractivity contribution in [2.24, 2.45) is 0 Å². The van der Waals surface area contributed by atoms with Crippen molar-refractivity contribution in [3.05, 3.63) is 197 Å². The number of nitrogens with zero attached hydrogens (tertiary/aromatic N) is 5. The molecule has 1 aromatic heterocycles. The normalized spacial score (nSPS) is 20.1. The fraction of sp³-hybridized carbons (Fsp3) is 0.309. The van der Waals surface area contributed by atoms with E-state index in [2.05, 4.69) is 30.3 Å². The van der Waals surface area contributed by atoms with Crippen LogP contribution in [0.5, 0.6) is 5.75 Å². The molecule has 0 saturated carbocycles. The minimum Gasteiger partial charge on any atom is -0.481 e. The molecule has 15 nitrogen and oxygen atoms in total. The molecule has 0 bridgehead atoms. The van der Waals surface area contributed by atoms with Crippen molar-refractivity contribution in [2.45, 2.75) is 89.9 Å². The van der Waals surface area contributed by atoms with Crippen LogP contribution in [0.2, 0.25) is 6.82 Å². The zero-order chi connectivity index (χ0) is 50.8. The summed E-state index contributed by atoms with van der Waals surface area (Å²) in [6.07, 6.45) is -0.414. The molecule has 4 saturated heterocycles. The average molecular weight is 1010 g/mol. The van der Waals surface area contributed by atoms with Crippen LogP contribution in [0, 0.1) is 0 Å². The highest BCUT2D eigenvalue weighted by Gasteiger charge is 2.56. The number of hydrogen-bond acceptors (Lipinski definition) is 12. The summed E-state index contributed by atoms with van der Waals surface area (Å²) in [5.41, 5.74) is 6.20. The lowest BCUT2D eigenvalue weighted by atomic mass is 9.76. The smallest absolute Gasteiger partial charge is 0.431 e. The summed E-state index contributed by atoms with van der Waals surface area (Å²) in [5, 5.41) is 16.6. The summed E-state index contributed by atoms with van der Waals surface area (Å²) in [7, 11) is -5.08. The van der Waals surface area contributed by atoms with E-state index in [0.29, 0.717) is 37.4 Å². The largest absolute Gasteiger partial charge is 0.481 e. The van der Waals surface area contributed by atoms with E-state index in [-0.39, 0.29) is 52.8 Å². The number of ether oxygens (including phenoxy) is 3. The standard InChI is InChI=1S/C55H59B3N5O10P/c1-55(2)72-51-49(31-40-17-8-4-9-18-40)60(33-44-25-16-26-46(29-44)67-39-74(66,70-35-42-21-12-6-13-22-42)71-36-43-23-14-7-15-24-43)54(64)61(50(52(51)73-55)32-41-19-10-5-11-20-41)34-45-27-28-48-47(30-45)53(59-63(48)56(3)65)62(57-37-68-57)58-38-69-58/h4-30,49-52,65H,31-39H2,1-3H3/t49-,50-,51+,52+/m1/s1.